The van der Waals surface area contributed by atoms with Crippen molar-refractivity contribution >= 4 is 5.91 Å². The monoisotopic (exact) mass is 224 g/mol. The SMILES string of the molecule is N[C@@H](C(=O)N1CCCC1)[C@H](O)c1ccoc1. The maximum atomic E-state index is 11.9. The molecule has 5 heteroatoms. The minimum Gasteiger partial charge on any atom is -0.472 e. The van der Waals surface area contributed by atoms with Gasteiger partial charge in [-0.25, -0.2) is 0 Å². The molecule has 1 aliphatic rings. The fourth-order valence-electron chi connectivity index (χ4n) is 1.93. The molecule has 0 unspecified atom stereocenters. The number of furan rings is 1. The Kier molecular flexibility index (Phi) is 3.26. The Balaban J connectivity index is 2.01. The Labute approximate surface area is 93.8 Å². The van der Waals surface area contributed by atoms with Crippen LogP contribution < -0.4 is 5.73 Å². The summed E-state index contributed by atoms with van der Waals surface area (Å²) in [5.74, 6) is -0.189. The highest BCUT2D eigenvalue weighted by atomic mass is 16.3. The normalized spacial score (nSPS) is 19.8. The Morgan fingerprint density at radius 1 is 1.50 bits per heavy atom. The molecular weight excluding hydrogens is 208 g/mol. The zero-order chi connectivity index (χ0) is 11.5. The van der Waals surface area contributed by atoms with Gasteiger partial charge in [-0.05, 0) is 18.9 Å². The molecule has 1 amide bonds. The van der Waals surface area contributed by atoms with Gasteiger partial charge in [0, 0.05) is 18.7 Å². The van der Waals surface area contributed by atoms with Crippen LogP contribution in [0.3, 0.4) is 0 Å². The smallest absolute Gasteiger partial charge is 0.242 e. The number of carbonyl (C=O) groups excluding carboxylic acids is 1. The number of rotatable bonds is 3. The molecular formula is C11H16N2O3. The van der Waals surface area contributed by atoms with Crippen molar-refractivity contribution in [3.63, 3.8) is 0 Å². The first-order valence-electron chi connectivity index (χ1n) is 5.44. The van der Waals surface area contributed by atoms with Crippen LogP contribution in [0.2, 0.25) is 0 Å². The van der Waals surface area contributed by atoms with Crippen molar-refractivity contribution in [2.24, 2.45) is 5.73 Å². The summed E-state index contributed by atoms with van der Waals surface area (Å²) < 4.78 is 4.85. The maximum absolute atomic E-state index is 11.9. The standard InChI is InChI=1S/C11H16N2O3/c12-9(10(14)8-3-6-16-7-8)11(15)13-4-1-2-5-13/h3,6-7,9-10,14H,1-2,4-5,12H2/t9-,10-/m1/s1. The van der Waals surface area contributed by atoms with E-state index in [1.807, 2.05) is 0 Å². The van der Waals surface area contributed by atoms with E-state index in [4.69, 9.17) is 10.2 Å². The molecule has 5 nitrogen and oxygen atoms in total. The summed E-state index contributed by atoms with van der Waals surface area (Å²) in [5, 5.41) is 9.88. The van der Waals surface area contributed by atoms with Crippen LogP contribution in [-0.4, -0.2) is 35.0 Å². The molecule has 1 aromatic heterocycles. The molecule has 2 heterocycles. The molecule has 1 aliphatic heterocycles. The Hall–Kier alpha value is -1.33. The number of aliphatic hydroxyl groups is 1. The third-order valence-electron chi connectivity index (χ3n) is 2.93. The van der Waals surface area contributed by atoms with Crippen molar-refractivity contribution in [1.29, 1.82) is 0 Å². The van der Waals surface area contributed by atoms with E-state index in [0.29, 0.717) is 5.56 Å². The summed E-state index contributed by atoms with van der Waals surface area (Å²) in [6.45, 7) is 1.48. The molecule has 2 atom stereocenters. The lowest BCUT2D eigenvalue weighted by molar-refractivity contribution is -0.134. The van der Waals surface area contributed by atoms with Crippen molar-refractivity contribution in [2.45, 2.75) is 25.0 Å². The first-order valence-corrected chi connectivity index (χ1v) is 5.44. The highest BCUT2D eigenvalue weighted by Crippen LogP contribution is 2.19. The number of likely N-dealkylation sites (tertiary alicyclic amines) is 1. The lowest BCUT2D eigenvalue weighted by Gasteiger charge is -2.23. The molecule has 1 aromatic rings. The minimum absolute atomic E-state index is 0.189. The van der Waals surface area contributed by atoms with Gasteiger partial charge in [-0.2, -0.15) is 0 Å². The van der Waals surface area contributed by atoms with E-state index in [-0.39, 0.29) is 5.91 Å². The van der Waals surface area contributed by atoms with Crippen LogP contribution >= 0.6 is 0 Å². The van der Waals surface area contributed by atoms with Crippen LogP contribution in [-0.2, 0) is 4.79 Å². The number of aliphatic hydroxyl groups excluding tert-OH is 1. The van der Waals surface area contributed by atoms with Crippen LogP contribution in [0, 0.1) is 0 Å². The van der Waals surface area contributed by atoms with E-state index < -0.39 is 12.1 Å². The number of nitrogens with two attached hydrogens (primary N) is 1. The lowest BCUT2D eigenvalue weighted by atomic mass is 10.1. The molecule has 3 N–H and O–H groups in total. The zero-order valence-electron chi connectivity index (χ0n) is 9.00. The lowest BCUT2D eigenvalue weighted by Crippen LogP contribution is -2.45. The third kappa shape index (κ3) is 2.10. The summed E-state index contributed by atoms with van der Waals surface area (Å²) >= 11 is 0. The van der Waals surface area contributed by atoms with Gasteiger partial charge in [-0.15, -0.1) is 0 Å². The molecule has 2 rings (SSSR count). The first kappa shape index (κ1) is 11.2. The molecule has 0 radical (unpaired) electrons. The van der Waals surface area contributed by atoms with Gasteiger partial charge in [0.05, 0.1) is 12.5 Å². The van der Waals surface area contributed by atoms with Crippen molar-refractivity contribution in [3.05, 3.63) is 24.2 Å². The topological polar surface area (TPSA) is 79.7 Å². The van der Waals surface area contributed by atoms with Crippen molar-refractivity contribution < 1.29 is 14.3 Å². The highest BCUT2D eigenvalue weighted by molar-refractivity contribution is 5.82. The second-order valence-electron chi connectivity index (χ2n) is 4.06. The molecule has 16 heavy (non-hydrogen) atoms. The van der Waals surface area contributed by atoms with Crippen molar-refractivity contribution in [2.75, 3.05) is 13.1 Å². The van der Waals surface area contributed by atoms with Crippen LogP contribution in [0.1, 0.15) is 24.5 Å². The third-order valence-corrected chi connectivity index (χ3v) is 2.93. The van der Waals surface area contributed by atoms with E-state index in [9.17, 15) is 9.90 Å². The molecule has 0 aliphatic carbocycles. The minimum atomic E-state index is -0.994. The molecule has 0 bridgehead atoms. The average molecular weight is 224 g/mol. The second-order valence-corrected chi connectivity index (χ2v) is 4.06. The van der Waals surface area contributed by atoms with Gasteiger partial charge >= 0.3 is 0 Å². The number of nitrogens with zero attached hydrogens (tertiary/aromatic N) is 1. The van der Waals surface area contributed by atoms with Crippen LogP contribution in [0.25, 0.3) is 0 Å². The van der Waals surface area contributed by atoms with E-state index in [1.54, 1.807) is 11.0 Å². The van der Waals surface area contributed by atoms with Gasteiger partial charge in [0.1, 0.15) is 12.1 Å². The summed E-state index contributed by atoms with van der Waals surface area (Å²) in [6.07, 6.45) is 3.89. The van der Waals surface area contributed by atoms with Crippen molar-refractivity contribution in [3.8, 4) is 0 Å². The highest BCUT2D eigenvalue weighted by Gasteiger charge is 2.30. The fraction of sp³-hybridized carbons (Fsp3) is 0.545. The van der Waals surface area contributed by atoms with Crippen LogP contribution in [0.5, 0.6) is 0 Å². The van der Waals surface area contributed by atoms with E-state index >= 15 is 0 Å². The predicted molar refractivity (Wildman–Crippen MR) is 57.5 cm³/mol. The molecule has 0 aromatic carbocycles. The average Bonchev–Trinajstić information content (AvgIpc) is 2.97. The van der Waals surface area contributed by atoms with Crippen LogP contribution in [0.4, 0.5) is 0 Å². The number of hydrogen-bond donors (Lipinski definition) is 2. The maximum Gasteiger partial charge on any atom is 0.242 e. The van der Waals surface area contributed by atoms with Gasteiger partial charge in [0.25, 0.3) is 0 Å². The predicted octanol–water partition coefficient (Wildman–Crippen LogP) is 0.263. The van der Waals surface area contributed by atoms with Crippen molar-refractivity contribution in [1.82, 2.24) is 4.90 Å². The quantitative estimate of drug-likeness (QED) is 0.772. The molecule has 88 valence electrons. The van der Waals surface area contributed by atoms with Gasteiger partial charge in [0.2, 0.25) is 5.91 Å². The number of amides is 1. The first-order chi connectivity index (χ1) is 7.70. The molecule has 1 saturated heterocycles. The summed E-state index contributed by atoms with van der Waals surface area (Å²) in [6, 6.07) is 0.706. The molecule has 0 spiro atoms. The Bertz CT molecular complexity index is 344. The zero-order valence-corrected chi connectivity index (χ0v) is 9.00. The molecule has 1 fully saturated rings. The Morgan fingerprint density at radius 3 is 2.75 bits per heavy atom. The van der Waals surface area contributed by atoms with Gasteiger partial charge < -0.3 is 20.2 Å². The molecule has 0 saturated carbocycles. The van der Waals surface area contributed by atoms with Crippen LogP contribution in [0.15, 0.2) is 23.0 Å². The fourth-order valence-corrected chi connectivity index (χ4v) is 1.93. The van der Waals surface area contributed by atoms with E-state index in [2.05, 4.69) is 0 Å². The Morgan fingerprint density at radius 2 is 2.19 bits per heavy atom. The summed E-state index contributed by atoms with van der Waals surface area (Å²) in [7, 11) is 0. The van der Waals surface area contributed by atoms with E-state index in [0.717, 1.165) is 25.9 Å². The van der Waals surface area contributed by atoms with Gasteiger partial charge in [0.15, 0.2) is 0 Å². The second kappa shape index (κ2) is 4.67. The summed E-state index contributed by atoms with van der Waals surface area (Å²) in [5.41, 5.74) is 6.29. The largest absolute Gasteiger partial charge is 0.472 e. The summed E-state index contributed by atoms with van der Waals surface area (Å²) in [4.78, 5) is 13.6. The van der Waals surface area contributed by atoms with Gasteiger partial charge in [-0.1, -0.05) is 0 Å². The van der Waals surface area contributed by atoms with E-state index in [1.165, 1.54) is 12.5 Å². The number of hydrogen-bond acceptors (Lipinski definition) is 4. The number of carbonyl (C=O) groups is 1. The van der Waals surface area contributed by atoms with Gasteiger partial charge in [-0.3, -0.25) is 4.79 Å².